The van der Waals surface area contributed by atoms with Crippen molar-refractivity contribution in [3.63, 3.8) is 0 Å². The first kappa shape index (κ1) is 28.7. The Balaban J connectivity index is 1.11. The third kappa shape index (κ3) is 5.80. The molecule has 8 nitrogen and oxygen atoms in total. The second-order valence-corrected chi connectivity index (χ2v) is 13.1. The van der Waals surface area contributed by atoms with Crippen LogP contribution in [0, 0.1) is 19.8 Å². The maximum absolute atomic E-state index is 13.7. The number of nitrogens with zero attached hydrogens (tertiary/aromatic N) is 5. The van der Waals surface area contributed by atoms with E-state index in [1.807, 2.05) is 28.9 Å². The molecule has 3 saturated heterocycles. The number of rotatable bonds is 7. The lowest BCUT2D eigenvalue weighted by Crippen LogP contribution is -2.46. The van der Waals surface area contributed by atoms with Gasteiger partial charge in [-0.15, -0.1) is 0 Å². The van der Waals surface area contributed by atoms with Gasteiger partial charge in [-0.3, -0.25) is 14.5 Å². The number of benzene rings is 1. The van der Waals surface area contributed by atoms with E-state index in [1.165, 1.54) is 18.5 Å². The average Bonchev–Trinajstić information content (AvgIpc) is 3.42. The minimum absolute atomic E-state index is 0.0788. The van der Waals surface area contributed by atoms with Crippen molar-refractivity contribution in [2.45, 2.75) is 96.8 Å². The lowest BCUT2D eigenvalue weighted by atomic mass is 9.95. The normalized spacial score (nSPS) is 24.9. The fourth-order valence-corrected chi connectivity index (χ4v) is 8.11. The second kappa shape index (κ2) is 12.1. The van der Waals surface area contributed by atoms with Crippen LogP contribution in [0.3, 0.4) is 0 Å². The van der Waals surface area contributed by atoms with Crippen molar-refractivity contribution < 1.29 is 9.59 Å². The summed E-state index contributed by atoms with van der Waals surface area (Å²) in [7, 11) is 0. The van der Waals surface area contributed by atoms with Gasteiger partial charge in [0.25, 0.3) is 0 Å². The number of carbonyl (C=O) groups excluding carboxylic acids is 2. The molecule has 1 unspecified atom stereocenters. The minimum Gasteiger partial charge on any atom is -0.337 e. The number of piperidine rings is 2. The van der Waals surface area contributed by atoms with Crippen molar-refractivity contribution in [3.05, 3.63) is 46.0 Å². The Hall–Kier alpha value is -2.42. The van der Waals surface area contributed by atoms with Crippen molar-refractivity contribution in [3.8, 4) is 0 Å². The van der Waals surface area contributed by atoms with Crippen molar-refractivity contribution >= 4 is 29.1 Å². The molecule has 0 aliphatic carbocycles. The number of nitrogens with one attached hydrogen (secondary N) is 1. The van der Waals surface area contributed by atoms with E-state index in [2.05, 4.69) is 27.8 Å². The SMILES string of the molecule is CC(=O)N1CCc2c(nc(C)n2C2C[C@H]3CC[C@@H](C2)N3CCCN(C(=O)C2CCNCC2)c2ccc(C)c(Cl)c2)C1. The fourth-order valence-electron chi connectivity index (χ4n) is 7.93. The molecule has 2 bridgehead atoms. The van der Waals surface area contributed by atoms with Gasteiger partial charge in [-0.1, -0.05) is 17.7 Å². The van der Waals surface area contributed by atoms with Gasteiger partial charge in [0, 0.05) is 73.4 Å². The van der Waals surface area contributed by atoms with E-state index in [-0.39, 0.29) is 17.7 Å². The van der Waals surface area contributed by atoms with E-state index in [9.17, 15) is 9.59 Å². The molecule has 3 atom stereocenters. The van der Waals surface area contributed by atoms with Crippen LogP contribution in [-0.2, 0) is 22.6 Å². The largest absolute Gasteiger partial charge is 0.337 e. The van der Waals surface area contributed by atoms with Gasteiger partial charge in [-0.05, 0) is 89.6 Å². The molecule has 9 heteroatoms. The zero-order valence-corrected chi connectivity index (χ0v) is 25.6. The number of hydrogen-bond donors (Lipinski definition) is 1. The molecule has 41 heavy (non-hydrogen) atoms. The number of aromatic nitrogens is 2. The van der Waals surface area contributed by atoms with Crippen LogP contribution in [0.4, 0.5) is 5.69 Å². The van der Waals surface area contributed by atoms with Crippen molar-refractivity contribution in [1.82, 2.24) is 24.7 Å². The van der Waals surface area contributed by atoms with Gasteiger partial charge in [-0.2, -0.15) is 0 Å². The molecule has 5 heterocycles. The monoisotopic (exact) mass is 580 g/mol. The molecule has 1 aromatic carbocycles. The molecule has 1 aromatic heterocycles. The van der Waals surface area contributed by atoms with Crippen molar-refractivity contribution in [1.29, 1.82) is 0 Å². The number of halogens is 1. The highest BCUT2D eigenvalue weighted by Crippen LogP contribution is 2.42. The standard InChI is InChI=1S/C32H45ClN6O2/c1-21-5-6-27(19-29(21)33)38(32(41)24-9-12-34-13-10-24)15-4-14-37-25-7-8-26(37)18-28(17-25)39-22(2)35-30-20-36(23(3)40)16-11-31(30)39/h5-6,19,24-26,28,34H,4,7-18,20H2,1-3H3/t25-,26+,28?. The van der Waals surface area contributed by atoms with E-state index in [4.69, 9.17) is 16.6 Å². The van der Waals surface area contributed by atoms with Crippen molar-refractivity contribution in [2.24, 2.45) is 5.92 Å². The Kier molecular flexibility index (Phi) is 8.44. The average molecular weight is 581 g/mol. The van der Waals surface area contributed by atoms with E-state index in [0.717, 1.165) is 99.0 Å². The predicted molar refractivity (Wildman–Crippen MR) is 162 cm³/mol. The van der Waals surface area contributed by atoms with Crippen LogP contribution in [-0.4, -0.2) is 76.0 Å². The van der Waals surface area contributed by atoms with Crippen LogP contribution in [0.25, 0.3) is 0 Å². The third-order valence-electron chi connectivity index (χ3n) is 10.1. The summed E-state index contributed by atoms with van der Waals surface area (Å²) in [4.78, 5) is 37.2. The van der Waals surface area contributed by atoms with Gasteiger partial charge in [0.2, 0.25) is 11.8 Å². The van der Waals surface area contributed by atoms with Gasteiger partial charge in [0.05, 0.1) is 12.2 Å². The molecule has 4 aliphatic rings. The number of aryl methyl sites for hydroxylation is 2. The zero-order chi connectivity index (χ0) is 28.7. The molecule has 4 aliphatic heterocycles. The van der Waals surface area contributed by atoms with Crippen LogP contribution in [0.2, 0.25) is 5.02 Å². The van der Waals surface area contributed by atoms with E-state index < -0.39 is 0 Å². The van der Waals surface area contributed by atoms with Crippen LogP contribution in [0.1, 0.15) is 80.7 Å². The molecule has 0 saturated carbocycles. The number of imidazole rings is 1. The topological polar surface area (TPSA) is 73.7 Å². The quantitative estimate of drug-likeness (QED) is 0.516. The molecular weight excluding hydrogens is 536 g/mol. The number of anilines is 1. The van der Waals surface area contributed by atoms with Gasteiger partial charge in [-0.25, -0.2) is 4.98 Å². The summed E-state index contributed by atoms with van der Waals surface area (Å²) < 4.78 is 2.52. The maximum atomic E-state index is 13.7. The number of hydrogen-bond acceptors (Lipinski definition) is 5. The summed E-state index contributed by atoms with van der Waals surface area (Å²) in [6, 6.07) is 7.69. The molecule has 2 aromatic rings. The summed E-state index contributed by atoms with van der Waals surface area (Å²) in [5.41, 5.74) is 4.40. The Labute approximate surface area is 249 Å². The van der Waals surface area contributed by atoms with Crippen LogP contribution < -0.4 is 10.2 Å². The number of amides is 2. The fraction of sp³-hybridized carbons (Fsp3) is 0.656. The molecular formula is C32H45ClN6O2. The van der Waals surface area contributed by atoms with Gasteiger partial charge >= 0.3 is 0 Å². The summed E-state index contributed by atoms with van der Waals surface area (Å²) in [6.45, 7) is 10.8. The molecule has 3 fully saturated rings. The summed E-state index contributed by atoms with van der Waals surface area (Å²) >= 11 is 6.50. The first-order valence-electron chi connectivity index (χ1n) is 15.7. The Bertz CT molecular complexity index is 1270. The van der Waals surface area contributed by atoms with E-state index in [0.29, 0.717) is 24.7 Å². The molecule has 2 amide bonds. The number of carbonyl (C=O) groups is 2. The van der Waals surface area contributed by atoms with Gasteiger partial charge < -0.3 is 19.7 Å². The first-order valence-corrected chi connectivity index (χ1v) is 16.0. The van der Waals surface area contributed by atoms with Crippen LogP contribution >= 0.6 is 11.6 Å². The van der Waals surface area contributed by atoms with E-state index >= 15 is 0 Å². The summed E-state index contributed by atoms with van der Waals surface area (Å²) in [6.07, 6.45) is 8.47. The van der Waals surface area contributed by atoms with Gasteiger partial charge in [0.15, 0.2) is 0 Å². The molecule has 6 rings (SSSR count). The zero-order valence-electron chi connectivity index (χ0n) is 24.9. The molecule has 0 radical (unpaired) electrons. The van der Waals surface area contributed by atoms with Crippen molar-refractivity contribution in [2.75, 3.05) is 37.6 Å². The first-order chi connectivity index (χ1) is 19.8. The third-order valence-corrected chi connectivity index (χ3v) is 10.5. The highest BCUT2D eigenvalue weighted by molar-refractivity contribution is 6.31. The van der Waals surface area contributed by atoms with Crippen LogP contribution in [0.15, 0.2) is 18.2 Å². The maximum Gasteiger partial charge on any atom is 0.230 e. The highest BCUT2D eigenvalue weighted by atomic mass is 35.5. The lowest BCUT2D eigenvalue weighted by molar-refractivity contribution is -0.129. The molecule has 1 N–H and O–H groups in total. The van der Waals surface area contributed by atoms with Crippen LogP contribution in [0.5, 0.6) is 0 Å². The highest BCUT2D eigenvalue weighted by Gasteiger charge is 2.42. The summed E-state index contributed by atoms with van der Waals surface area (Å²) in [5.74, 6) is 1.56. The number of fused-ring (bicyclic) bond motifs is 3. The smallest absolute Gasteiger partial charge is 0.230 e. The Morgan fingerprint density at radius 2 is 1.80 bits per heavy atom. The van der Waals surface area contributed by atoms with Gasteiger partial charge in [0.1, 0.15) is 5.82 Å². The van der Waals surface area contributed by atoms with E-state index in [1.54, 1.807) is 6.92 Å². The predicted octanol–water partition coefficient (Wildman–Crippen LogP) is 4.65. The Morgan fingerprint density at radius 3 is 2.49 bits per heavy atom. The molecule has 222 valence electrons. The molecule has 0 spiro atoms. The Morgan fingerprint density at radius 1 is 1.07 bits per heavy atom. The second-order valence-electron chi connectivity index (χ2n) is 12.7. The minimum atomic E-state index is 0.0788. The lowest BCUT2D eigenvalue weighted by Gasteiger charge is -2.41. The summed E-state index contributed by atoms with van der Waals surface area (Å²) in [5, 5.41) is 4.11.